The van der Waals surface area contributed by atoms with Crippen molar-refractivity contribution in [2.24, 2.45) is 0 Å². The van der Waals surface area contributed by atoms with Crippen molar-refractivity contribution in [2.45, 2.75) is 44.2 Å². The van der Waals surface area contributed by atoms with Gasteiger partial charge in [0.1, 0.15) is 5.82 Å². The summed E-state index contributed by atoms with van der Waals surface area (Å²) in [7, 11) is 1.59. The largest absolute Gasteiger partial charge is 0.451 e. The number of para-hydroxylation sites is 1. The molecule has 1 atom stereocenters. The summed E-state index contributed by atoms with van der Waals surface area (Å²) < 4.78 is 70.9. The maximum absolute atomic E-state index is 14.5. The number of ether oxygens (including phenoxy) is 3. The number of fused-ring (bicyclic) bond motifs is 1. The van der Waals surface area contributed by atoms with Crippen LogP contribution >= 0.6 is 11.6 Å². The second-order valence-corrected chi connectivity index (χ2v) is 11.0. The Kier molecular flexibility index (Phi) is 8.25. The van der Waals surface area contributed by atoms with Crippen molar-refractivity contribution in [3.63, 3.8) is 0 Å². The number of rotatable bonds is 8. The molecule has 1 saturated heterocycles. The summed E-state index contributed by atoms with van der Waals surface area (Å²) >= 11 is 5.90. The average molecular weight is 618 g/mol. The monoisotopic (exact) mass is 617 g/mol. The molecule has 2 aliphatic rings. The third kappa shape index (κ3) is 6.31. The summed E-state index contributed by atoms with van der Waals surface area (Å²) in [6.45, 7) is 2.61. The van der Waals surface area contributed by atoms with Gasteiger partial charge in [0.2, 0.25) is 5.82 Å². The van der Waals surface area contributed by atoms with Gasteiger partial charge >= 0.3 is 6.18 Å². The molecular weight excluding hydrogens is 590 g/mol. The van der Waals surface area contributed by atoms with Crippen LogP contribution in [0, 0.1) is 5.82 Å². The molecule has 0 amide bonds. The van der Waals surface area contributed by atoms with Crippen LogP contribution in [0.15, 0.2) is 48.7 Å². The van der Waals surface area contributed by atoms with E-state index in [0.29, 0.717) is 41.7 Å². The molecule has 0 saturated carbocycles. The highest BCUT2D eigenvalue weighted by molar-refractivity contribution is 6.30. The zero-order chi connectivity index (χ0) is 30.1. The van der Waals surface area contributed by atoms with Crippen LogP contribution in [0.1, 0.15) is 53.3 Å². The van der Waals surface area contributed by atoms with Crippen molar-refractivity contribution in [2.75, 3.05) is 26.8 Å². The fourth-order valence-corrected chi connectivity index (χ4v) is 5.66. The molecule has 226 valence electrons. The number of hydrogen-bond donors (Lipinski definition) is 1. The molecule has 13 heteroatoms. The van der Waals surface area contributed by atoms with Gasteiger partial charge in [-0.05, 0) is 74.2 Å². The van der Waals surface area contributed by atoms with Crippen molar-refractivity contribution < 1.29 is 31.8 Å². The highest BCUT2D eigenvalue weighted by Crippen LogP contribution is 2.47. The van der Waals surface area contributed by atoms with E-state index in [4.69, 9.17) is 25.8 Å². The quantitative estimate of drug-likeness (QED) is 0.220. The summed E-state index contributed by atoms with van der Waals surface area (Å²) in [5, 5.41) is 5.98. The van der Waals surface area contributed by atoms with Gasteiger partial charge in [0, 0.05) is 36.0 Å². The van der Waals surface area contributed by atoms with E-state index in [1.807, 2.05) is 23.3 Å². The van der Waals surface area contributed by atoms with Gasteiger partial charge in [0.15, 0.2) is 17.3 Å². The van der Waals surface area contributed by atoms with Crippen molar-refractivity contribution in [1.82, 2.24) is 25.1 Å². The van der Waals surface area contributed by atoms with E-state index in [2.05, 4.69) is 20.0 Å². The summed E-state index contributed by atoms with van der Waals surface area (Å²) in [5.74, 6) is -0.255. The van der Waals surface area contributed by atoms with Gasteiger partial charge in [-0.2, -0.15) is 18.3 Å². The summed E-state index contributed by atoms with van der Waals surface area (Å²) in [5.41, 5.74) is 3.41. The molecule has 43 heavy (non-hydrogen) atoms. The van der Waals surface area contributed by atoms with Crippen molar-refractivity contribution in [1.29, 1.82) is 0 Å². The minimum Gasteiger partial charge on any atom is -0.447 e. The zero-order valence-electron chi connectivity index (χ0n) is 23.1. The van der Waals surface area contributed by atoms with Crippen LogP contribution in [-0.2, 0) is 23.9 Å². The van der Waals surface area contributed by atoms with E-state index in [0.717, 1.165) is 42.8 Å². The number of methoxy groups -OCH3 is 1. The molecule has 0 radical (unpaired) electrons. The van der Waals surface area contributed by atoms with E-state index in [9.17, 15) is 17.6 Å². The average Bonchev–Trinajstić information content (AvgIpc) is 3.65. The SMILES string of the molecule is COCCc1cc(-c2n[nH]c(C(F)(F)F)n2)cnc1CN1CCC(c2cccc3c2O[C@@H](c2ccc(Cl)cc2F)O3)CC1. The topological polar surface area (TPSA) is 85.4 Å². The second-order valence-electron chi connectivity index (χ2n) is 10.5. The molecule has 4 aromatic rings. The van der Waals surface area contributed by atoms with E-state index in [1.54, 1.807) is 25.3 Å². The third-order valence-electron chi connectivity index (χ3n) is 7.73. The summed E-state index contributed by atoms with van der Waals surface area (Å²) in [6.07, 6.45) is -1.72. The van der Waals surface area contributed by atoms with Gasteiger partial charge in [-0.1, -0.05) is 23.7 Å². The molecule has 1 N–H and O–H groups in total. The van der Waals surface area contributed by atoms with Gasteiger partial charge in [-0.25, -0.2) is 9.37 Å². The molecule has 0 spiro atoms. The number of alkyl halides is 3. The van der Waals surface area contributed by atoms with Crippen LogP contribution in [0.5, 0.6) is 11.5 Å². The molecule has 8 nitrogen and oxygen atoms in total. The van der Waals surface area contributed by atoms with Gasteiger partial charge in [0.25, 0.3) is 6.29 Å². The molecule has 2 aromatic carbocycles. The van der Waals surface area contributed by atoms with Crippen LogP contribution in [-0.4, -0.2) is 51.9 Å². The van der Waals surface area contributed by atoms with Gasteiger partial charge < -0.3 is 14.2 Å². The van der Waals surface area contributed by atoms with Crippen LogP contribution in [0.3, 0.4) is 0 Å². The second kappa shape index (κ2) is 12.1. The number of piperidine rings is 1. The maximum atomic E-state index is 14.5. The third-order valence-corrected chi connectivity index (χ3v) is 7.97. The standard InChI is InChI=1S/C30H28ClF4N5O3/c1-41-12-9-18-13-19(27-37-29(39-38-27)30(33,34)35)15-36-24(18)16-40-10-7-17(8-11-40)21-3-2-4-25-26(21)43-28(42-25)22-6-5-20(31)14-23(22)32/h2-6,13-15,17,28H,7-12,16H2,1H3,(H,37,38,39)/t28-/m0/s1. The predicted octanol–water partition coefficient (Wildman–Crippen LogP) is 6.72. The first kappa shape index (κ1) is 29.3. The van der Waals surface area contributed by atoms with Crippen molar-refractivity contribution in [3.8, 4) is 22.9 Å². The zero-order valence-corrected chi connectivity index (χ0v) is 23.9. The maximum Gasteiger partial charge on any atom is 0.451 e. The molecular formula is C30H28ClF4N5O3. The minimum absolute atomic E-state index is 0.0616. The van der Waals surface area contributed by atoms with Crippen LogP contribution < -0.4 is 9.47 Å². The van der Waals surface area contributed by atoms with E-state index in [-0.39, 0.29) is 17.3 Å². The number of benzene rings is 2. The van der Waals surface area contributed by atoms with E-state index in [1.165, 1.54) is 12.3 Å². The lowest BCUT2D eigenvalue weighted by atomic mass is 9.88. The number of halogens is 5. The molecule has 2 aromatic heterocycles. The Labute approximate surface area is 250 Å². The van der Waals surface area contributed by atoms with Gasteiger partial charge in [-0.3, -0.25) is 15.0 Å². The first-order valence-electron chi connectivity index (χ1n) is 13.8. The van der Waals surface area contributed by atoms with Crippen molar-refractivity contribution in [3.05, 3.63) is 87.7 Å². The summed E-state index contributed by atoms with van der Waals surface area (Å²) in [4.78, 5) is 10.5. The van der Waals surface area contributed by atoms with Crippen LogP contribution in [0.2, 0.25) is 5.02 Å². The highest BCUT2D eigenvalue weighted by atomic mass is 35.5. The number of H-pyrrole nitrogens is 1. The Bertz CT molecular complexity index is 1610. The fourth-order valence-electron chi connectivity index (χ4n) is 5.50. The van der Waals surface area contributed by atoms with E-state index < -0.39 is 24.1 Å². The molecule has 4 heterocycles. The van der Waals surface area contributed by atoms with E-state index >= 15 is 0 Å². The number of nitrogens with zero attached hydrogens (tertiary/aromatic N) is 4. The molecule has 2 aliphatic heterocycles. The van der Waals surface area contributed by atoms with Crippen molar-refractivity contribution >= 4 is 11.6 Å². The first-order chi connectivity index (χ1) is 20.7. The predicted molar refractivity (Wildman–Crippen MR) is 149 cm³/mol. The number of aromatic amines is 1. The Balaban J connectivity index is 1.13. The fraction of sp³-hybridized carbons (Fsp3) is 0.367. The highest BCUT2D eigenvalue weighted by Gasteiger charge is 2.36. The molecule has 0 bridgehead atoms. The first-order valence-corrected chi connectivity index (χ1v) is 14.2. The molecule has 0 unspecified atom stereocenters. The number of hydrogen-bond acceptors (Lipinski definition) is 7. The number of pyridine rings is 1. The lowest BCUT2D eigenvalue weighted by molar-refractivity contribution is -0.144. The van der Waals surface area contributed by atoms with Gasteiger partial charge in [0.05, 0.1) is 17.9 Å². The lowest BCUT2D eigenvalue weighted by Gasteiger charge is -2.32. The normalized spacial score (nSPS) is 17.5. The molecule has 1 fully saturated rings. The molecule has 0 aliphatic carbocycles. The lowest BCUT2D eigenvalue weighted by Crippen LogP contribution is -2.33. The Hall–Kier alpha value is -3.74. The minimum atomic E-state index is -4.61. The number of nitrogens with one attached hydrogen (secondary N) is 1. The number of aromatic nitrogens is 4. The number of likely N-dealkylation sites (tertiary alicyclic amines) is 1. The molecule has 6 rings (SSSR count). The Morgan fingerprint density at radius 2 is 1.91 bits per heavy atom. The Morgan fingerprint density at radius 3 is 2.63 bits per heavy atom. The van der Waals surface area contributed by atoms with Crippen LogP contribution in [0.25, 0.3) is 11.4 Å². The van der Waals surface area contributed by atoms with Gasteiger partial charge in [-0.15, -0.1) is 0 Å². The smallest absolute Gasteiger partial charge is 0.447 e. The van der Waals surface area contributed by atoms with Crippen LogP contribution in [0.4, 0.5) is 17.6 Å². The summed E-state index contributed by atoms with van der Waals surface area (Å²) in [6, 6.07) is 12.0. The Morgan fingerprint density at radius 1 is 1.09 bits per heavy atom.